The lowest BCUT2D eigenvalue weighted by Gasteiger charge is -2.34. The molecular formula is C14H15NO. The first kappa shape index (κ1) is 10.7. The van der Waals surface area contributed by atoms with Gasteiger partial charge in [-0.1, -0.05) is 36.9 Å². The van der Waals surface area contributed by atoms with Crippen molar-refractivity contribution < 1.29 is 4.79 Å². The zero-order chi connectivity index (χ0) is 11.5. The van der Waals surface area contributed by atoms with E-state index in [2.05, 4.69) is 25.3 Å². The van der Waals surface area contributed by atoms with Gasteiger partial charge in [0.25, 0.3) is 0 Å². The summed E-state index contributed by atoms with van der Waals surface area (Å²) in [5.41, 5.74) is 2.52. The summed E-state index contributed by atoms with van der Waals surface area (Å²) < 4.78 is 0. The Morgan fingerprint density at radius 3 is 2.62 bits per heavy atom. The van der Waals surface area contributed by atoms with E-state index in [0.29, 0.717) is 6.54 Å². The van der Waals surface area contributed by atoms with Gasteiger partial charge < -0.3 is 4.90 Å². The lowest BCUT2D eigenvalue weighted by atomic mass is 9.94. The van der Waals surface area contributed by atoms with Crippen LogP contribution in [0.3, 0.4) is 0 Å². The van der Waals surface area contributed by atoms with Crippen LogP contribution in [0.25, 0.3) is 0 Å². The zero-order valence-corrected chi connectivity index (χ0v) is 9.23. The highest BCUT2D eigenvalue weighted by Gasteiger charge is 2.25. The predicted molar refractivity (Wildman–Crippen MR) is 64.9 cm³/mol. The van der Waals surface area contributed by atoms with Crippen LogP contribution in [-0.4, -0.2) is 16.8 Å². The summed E-state index contributed by atoms with van der Waals surface area (Å²) in [4.78, 5) is 13.5. The molecule has 0 saturated carbocycles. The van der Waals surface area contributed by atoms with Crippen LogP contribution in [0, 0.1) is 0 Å². The molecule has 1 aliphatic rings. The summed E-state index contributed by atoms with van der Waals surface area (Å²) in [6.07, 6.45) is 4.04. The molecule has 1 aromatic carbocycles. The molecule has 1 aromatic rings. The Morgan fingerprint density at radius 2 is 2.00 bits per heavy atom. The van der Waals surface area contributed by atoms with E-state index in [9.17, 15) is 4.79 Å². The number of carbonyl (C=O) groups is 1. The molecule has 16 heavy (non-hydrogen) atoms. The van der Waals surface area contributed by atoms with Crippen LogP contribution in [0.15, 0.2) is 49.6 Å². The van der Waals surface area contributed by atoms with E-state index in [1.54, 1.807) is 0 Å². The van der Waals surface area contributed by atoms with Gasteiger partial charge in [-0.3, -0.25) is 4.79 Å². The number of rotatable bonds is 2. The Bertz CT molecular complexity index is 436. The van der Waals surface area contributed by atoms with E-state index < -0.39 is 0 Å². The Kier molecular flexibility index (Phi) is 2.91. The van der Waals surface area contributed by atoms with Gasteiger partial charge in [0.05, 0.1) is 6.04 Å². The Hall–Kier alpha value is -1.83. The Labute approximate surface area is 95.9 Å². The SMILES string of the molecule is C=CC(=O)N1Cc2ccccc2C[C@H]1C=C. The van der Waals surface area contributed by atoms with E-state index in [4.69, 9.17) is 0 Å². The fourth-order valence-corrected chi connectivity index (χ4v) is 2.12. The van der Waals surface area contributed by atoms with Crippen LogP contribution in [0.2, 0.25) is 0 Å². The second-order valence-electron chi connectivity index (χ2n) is 3.95. The average Bonchev–Trinajstić information content (AvgIpc) is 2.36. The molecule has 1 heterocycles. The largest absolute Gasteiger partial charge is 0.328 e. The molecule has 82 valence electrons. The molecule has 2 heteroatoms. The maximum Gasteiger partial charge on any atom is 0.246 e. The van der Waals surface area contributed by atoms with Gasteiger partial charge in [0.1, 0.15) is 0 Å². The fourth-order valence-electron chi connectivity index (χ4n) is 2.12. The van der Waals surface area contributed by atoms with Crippen LogP contribution in [0.5, 0.6) is 0 Å². The van der Waals surface area contributed by atoms with Crippen molar-refractivity contribution in [2.24, 2.45) is 0 Å². The van der Waals surface area contributed by atoms with E-state index in [0.717, 1.165) is 6.42 Å². The summed E-state index contributed by atoms with van der Waals surface area (Å²) >= 11 is 0. The first-order chi connectivity index (χ1) is 7.76. The molecule has 0 saturated heterocycles. The van der Waals surface area contributed by atoms with E-state index >= 15 is 0 Å². The van der Waals surface area contributed by atoms with Crippen LogP contribution in [0.4, 0.5) is 0 Å². The van der Waals surface area contributed by atoms with Gasteiger partial charge >= 0.3 is 0 Å². The molecule has 0 aromatic heterocycles. The molecule has 2 nitrogen and oxygen atoms in total. The molecule has 0 unspecified atom stereocenters. The van der Waals surface area contributed by atoms with Gasteiger partial charge in [-0.15, -0.1) is 6.58 Å². The standard InChI is InChI=1S/C14H15NO/c1-3-13-9-11-7-5-6-8-12(11)10-15(13)14(16)4-2/h3-8,13H,1-2,9-10H2/t13-/m1/s1. The lowest BCUT2D eigenvalue weighted by Crippen LogP contribution is -2.42. The van der Waals surface area contributed by atoms with Crippen LogP contribution in [0.1, 0.15) is 11.1 Å². The Balaban J connectivity index is 2.34. The van der Waals surface area contributed by atoms with Crippen LogP contribution >= 0.6 is 0 Å². The first-order valence-corrected chi connectivity index (χ1v) is 5.38. The van der Waals surface area contributed by atoms with Crippen molar-refractivity contribution >= 4 is 5.91 Å². The van der Waals surface area contributed by atoms with Crippen LogP contribution in [-0.2, 0) is 17.8 Å². The van der Waals surface area contributed by atoms with E-state index in [-0.39, 0.29) is 11.9 Å². The summed E-state index contributed by atoms with van der Waals surface area (Å²) in [6.45, 7) is 7.98. The van der Waals surface area contributed by atoms with Crippen molar-refractivity contribution in [3.63, 3.8) is 0 Å². The van der Waals surface area contributed by atoms with Gasteiger partial charge in [-0.2, -0.15) is 0 Å². The minimum atomic E-state index is -0.0283. The minimum Gasteiger partial charge on any atom is -0.328 e. The quantitative estimate of drug-likeness (QED) is 0.545. The van der Waals surface area contributed by atoms with Gasteiger partial charge in [-0.25, -0.2) is 0 Å². The minimum absolute atomic E-state index is 0.0283. The van der Waals surface area contributed by atoms with Crippen molar-refractivity contribution in [3.05, 3.63) is 60.7 Å². The maximum atomic E-state index is 11.7. The second-order valence-corrected chi connectivity index (χ2v) is 3.95. The van der Waals surface area contributed by atoms with Crippen molar-refractivity contribution in [1.29, 1.82) is 0 Å². The maximum absolute atomic E-state index is 11.7. The van der Waals surface area contributed by atoms with Gasteiger partial charge in [0.15, 0.2) is 0 Å². The number of benzene rings is 1. The van der Waals surface area contributed by atoms with Gasteiger partial charge in [-0.05, 0) is 23.6 Å². The monoisotopic (exact) mass is 213 g/mol. The van der Waals surface area contributed by atoms with E-state index in [1.807, 2.05) is 23.1 Å². The van der Waals surface area contributed by atoms with E-state index in [1.165, 1.54) is 17.2 Å². The average molecular weight is 213 g/mol. The fraction of sp³-hybridized carbons (Fsp3) is 0.214. The number of hydrogen-bond donors (Lipinski definition) is 0. The topological polar surface area (TPSA) is 20.3 Å². The molecule has 1 aliphatic heterocycles. The first-order valence-electron chi connectivity index (χ1n) is 5.38. The summed E-state index contributed by atoms with van der Waals surface area (Å²) in [6, 6.07) is 8.30. The molecule has 0 fully saturated rings. The Morgan fingerprint density at radius 1 is 1.31 bits per heavy atom. The summed E-state index contributed by atoms with van der Waals surface area (Å²) in [5.74, 6) is -0.0283. The smallest absolute Gasteiger partial charge is 0.246 e. The number of amides is 1. The number of fused-ring (bicyclic) bond motifs is 1. The number of nitrogens with zero attached hydrogens (tertiary/aromatic N) is 1. The third kappa shape index (κ3) is 1.78. The van der Waals surface area contributed by atoms with Gasteiger partial charge in [0, 0.05) is 6.54 Å². The highest BCUT2D eigenvalue weighted by Crippen LogP contribution is 2.23. The molecule has 2 rings (SSSR count). The van der Waals surface area contributed by atoms with Crippen molar-refractivity contribution in [3.8, 4) is 0 Å². The molecule has 0 N–H and O–H groups in total. The molecule has 1 atom stereocenters. The normalized spacial score (nSPS) is 18.8. The molecular weight excluding hydrogens is 198 g/mol. The van der Waals surface area contributed by atoms with Crippen LogP contribution < -0.4 is 0 Å². The molecule has 0 aliphatic carbocycles. The molecule has 1 amide bonds. The van der Waals surface area contributed by atoms with Gasteiger partial charge in [0.2, 0.25) is 5.91 Å². The zero-order valence-electron chi connectivity index (χ0n) is 9.23. The summed E-state index contributed by atoms with van der Waals surface area (Å²) in [7, 11) is 0. The highest BCUT2D eigenvalue weighted by molar-refractivity contribution is 5.87. The predicted octanol–water partition coefficient (Wildman–Crippen LogP) is 2.31. The number of carbonyl (C=O) groups excluding carboxylic acids is 1. The molecule has 0 radical (unpaired) electrons. The third-order valence-corrected chi connectivity index (χ3v) is 3.02. The highest BCUT2D eigenvalue weighted by atomic mass is 16.2. The van der Waals surface area contributed by atoms with Crippen molar-refractivity contribution in [1.82, 2.24) is 4.90 Å². The molecule has 0 spiro atoms. The summed E-state index contributed by atoms with van der Waals surface area (Å²) in [5, 5.41) is 0. The lowest BCUT2D eigenvalue weighted by molar-refractivity contribution is -0.128. The molecule has 0 bridgehead atoms. The number of hydrogen-bond acceptors (Lipinski definition) is 1. The third-order valence-electron chi connectivity index (χ3n) is 3.02. The van der Waals surface area contributed by atoms with Crippen molar-refractivity contribution in [2.45, 2.75) is 19.0 Å². The second kappa shape index (κ2) is 4.35. The van der Waals surface area contributed by atoms with Crippen molar-refractivity contribution in [2.75, 3.05) is 0 Å².